The number of imide groups is 1. The van der Waals surface area contributed by atoms with Crippen molar-refractivity contribution in [2.45, 2.75) is 57.6 Å². The van der Waals surface area contributed by atoms with E-state index in [4.69, 9.17) is 27.9 Å². The maximum absolute atomic E-state index is 13.9. The molecular formula is C28H34Cl2N5O5+. The van der Waals surface area contributed by atoms with Gasteiger partial charge in [0.05, 0.1) is 13.1 Å². The third kappa shape index (κ3) is 5.49. The molecule has 3 amide bonds. The lowest BCUT2D eigenvalue weighted by atomic mass is 9.85. The van der Waals surface area contributed by atoms with Crippen molar-refractivity contribution in [3.8, 4) is 6.01 Å². The van der Waals surface area contributed by atoms with E-state index < -0.39 is 17.6 Å². The molecule has 1 aromatic heterocycles. The van der Waals surface area contributed by atoms with Gasteiger partial charge in [0.1, 0.15) is 18.9 Å². The van der Waals surface area contributed by atoms with Crippen LogP contribution in [0.25, 0.3) is 0 Å². The number of piperazine rings is 1. The van der Waals surface area contributed by atoms with Crippen molar-refractivity contribution in [1.29, 1.82) is 0 Å². The van der Waals surface area contributed by atoms with Gasteiger partial charge in [0.2, 0.25) is 5.60 Å². The number of carbonyl (C=O) groups excluding carboxylic acids is 2. The third-order valence-corrected chi connectivity index (χ3v) is 9.06. The Labute approximate surface area is 243 Å². The topological polar surface area (TPSA) is 113 Å². The van der Waals surface area contributed by atoms with E-state index in [9.17, 15) is 19.5 Å². The summed E-state index contributed by atoms with van der Waals surface area (Å²) in [7, 11) is 0. The van der Waals surface area contributed by atoms with Crippen LogP contribution < -0.4 is 9.64 Å². The fourth-order valence-corrected chi connectivity index (χ4v) is 6.23. The molecule has 1 aliphatic carbocycles. The van der Waals surface area contributed by atoms with Crippen LogP contribution in [0.4, 0.5) is 10.6 Å². The second-order valence-electron chi connectivity index (χ2n) is 11.4. The van der Waals surface area contributed by atoms with Crippen LogP contribution in [0.15, 0.2) is 30.5 Å². The fourth-order valence-electron chi connectivity index (χ4n) is 5.73. The molecule has 1 saturated carbocycles. The highest BCUT2D eigenvalue weighted by Gasteiger charge is 2.60. The largest absolute Gasteiger partial charge is 0.478 e. The van der Waals surface area contributed by atoms with Crippen molar-refractivity contribution in [1.82, 2.24) is 14.9 Å². The van der Waals surface area contributed by atoms with E-state index in [-0.39, 0.29) is 22.4 Å². The number of aromatic nitrogens is 2. The van der Waals surface area contributed by atoms with Crippen molar-refractivity contribution in [2.24, 2.45) is 5.92 Å². The first-order chi connectivity index (χ1) is 19.0. The van der Waals surface area contributed by atoms with E-state index in [1.165, 1.54) is 24.9 Å². The molecule has 1 atom stereocenters. The van der Waals surface area contributed by atoms with Gasteiger partial charge in [-0.25, -0.2) is 24.0 Å². The number of quaternary nitrogens is 1. The highest BCUT2D eigenvalue weighted by Crippen LogP contribution is 2.37. The van der Waals surface area contributed by atoms with Crippen LogP contribution in [0.5, 0.6) is 6.01 Å². The number of aryl methyl sites for hydroxylation is 1. The van der Waals surface area contributed by atoms with Gasteiger partial charge in [0.15, 0.2) is 6.04 Å². The Bertz CT molecular complexity index is 1310. The van der Waals surface area contributed by atoms with Crippen LogP contribution in [0.3, 0.4) is 0 Å². The number of aliphatic carboxylic acids is 1. The second-order valence-corrected chi connectivity index (χ2v) is 12.2. The lowest BCUT2D eigenvalue weighted by Crippen LogP contribution is -2.65. The summed E-state index contributed by atoms with van der Waals surface area (Å²) in [6, 6.07) is 6.46. The maximum atomic E-state index is 13.9. The molecular weight excluding hydrogens is 557 g/mol. The molecule has 5 rings (SSSR count). The molecule has 1 spiro atoms. The monoisotopic (exact) mass is 590 g/mol. The molecule has 10 nitrogen and oxygen atoms in total. The number of halogens is 2. The van der Waals surface area contributed by atoms with Crippen LogP contribution in [0.2, 0.25) is 10.0 Å². The number of amides is 3. The average Bonchev–Trinajstić information content (AvgIpc) is 3.06. The van der Waals surface area contributed by atoms with Gasteiger partial charge in [-0.15, -0.1) is 0 Å². The van der Waals surface area contributed by atoms with Crippen LogP contribution in [0, 0.1) is 5.92 Å². The standard InChI is InChI=1S/C28H33Cl2N5O5/c1-28(2,25(37)38)40-26-31-11-10-23(32-26)33-12-14-35(15-13-33)22(9-7-19-6-8-20(29)16-21(19)30)24(36)34(27(35)39)17-18-4-3-5-18/h6,8,10-11,16,18,22H,3-5,7,9,12-15,17H2,1-2H3/p+1. The van der Waals surface area contributed by atoms with Crippen molar-refractivity contribution < 1.29 is 28.7 Å². The summed E-state index contributed by atoms with van der Waals surface area (Å²) in [6.07, 6.45) is 5.83. The van der Waals surface area contributed by atoms with Crippen LogP contribution >= 0.6 is 23.2 Å². The molecule has 214 valence electrons. The number of hydrogen-bond acceptors (Lipinski definition) is 7. The maximum Gasteiger partial charge on any atom is 0.426 e. The highest BCUT2D eigenvalue weighted by molar-refractivity contribution is 6.35. The summed E-state index contributed by atoms with van der Waals surface area (Å²) < 4.78 is 5.61. The number of nitrogens with zero attached hydrogens (tertiary/aromatic N) is 5. The smallest absolute Gasteiger partial charge is 0.426 e. The van der Waals surface area contributed by atoms with E-state index in [2.05, 4.69) is 9.97 Å². The van der Waals surface area contributed by atoms with E-state index in [0.717, 1.165) is 24.8 Å². The second kappa shape index (κ2) is 11.1. The summed E-state index contributed by atoms with van der Waals surface area (Å²) in [6.45, 7) is 5.25. The number of ether oxygens (including phenoxy) is 1. The summed E-state index contributed by atoms with van der Waals surface area (Å²) in [5.74, 6) is -0.254. The number of carboxylic acids is 1. The van der Waals surface area contributed by atoms with Crippen LogP contribution in [-0.4, -0.2) is 86.7 Å². The van der Waals surface area contributed by atoms with Gasteiger partial charge in [-0.3, -0.25) is 4.79 Å². The normalized spacial score (nSPS) is 21.1. The quantitative estimate of drug-likeness (QED) is 0.337. The molecule has 1 N–H and O–H groups in total. The number of anilines is 1. The first-order valence-corrected chi connectivity index (χ1v) is 14.4. The average molecular weight is 592 g/mol. The van der Waals surface area contributed by atoms with Gasteiger partial charge in [-0.1, -0.05) is 35.7 Å². The highest BCUT2D eigenvalue weighted by atomic mass is 35.5. The van der Waals surface area contributed by atoms with Gasteiger partial charge in [0.25, 0.3) is 5.91 Å². The summed E-state index contributed by atoms with van der Waals surface area (Å²) in [5, 5.41) is 10.5. The molecule has 2 aliphatic heterocycles. The van der Waals surface area contributed by atoms with Gasteiger partial charge < -0.3 is 14.7 Å². The molecule has 1 aromatic carbocycles. The molecule has 12 heteroatoms. The first kappa shape index (κ1) is 28.6. The van der Waals surface area contributed by atoms with Gasteiger partial charge in [-0.05, 0) is 62.8 Å². The molecule has 40 heavy (non-hydrogen) atoms. The molecule has 0 bridgehead atoms. The fraction of sp³-hybridized carbons (Fsp3) is 0.536. The molecule has 3 aliphatic rings. The number of urea groups is 1. The molecule has 2 saturated heterocycles. The minimum absolute atomic E-state index is 0.0313. The number of carboxylic acid groups (broad SMARTS) is 1. The Kier molecular flexibility index (Phi) is 7.96. The number of benzene rings is 1. The minimum Gasteiger partial charge on any atom is -0.478 e. The van der Waals surface area contributed by atoms with E-state index in [1.54, 1.807) is 18.2 Å². The number of hydrogen-bond donors (Lipinski definition) is 1. The lowest BCUT2D eigenvalue weighted by Gasteiger charge is -2.42. The van der Waals surface area contributed by atoms with Crippen LogP contribution in [0.1, 0.15) is 45.1 Å². The van der Waals surface area contributed by atoms with E-state index in [1.807, 2.05) is 11.0 Å². The van der Waals surface area contributed by atoms with Crippen molar-refractivity contribution in [3.05, 3.63) is 46.1 Å². The minimum atomic E-state index is -1.48. The molecule has 2 aromatic rings. The van der Waals surface area contributed by atoms with Gasteiger partial charge in [0, 0.05) is 29.2 Å². The van der Waals surface area contributed by atoms with Gasteiger partial charge >= 0.3 is 18.0 Å². The summed E-state index contributed by atoms with van der Waals surface area (Å²) in [5.41, 5.74) is -0.583. The summed E-state index contributed by atoms with van der Waals surface area (Å²) >= 11 is 12.5. The first-order valence-electron chi connectivity index (χ1n) is 13.7. The van der Waals surface area contributed by atoms with Crippen molar-refractivity contribution >= 4 is 46.9 Å². The zero-order valence-electron chi connectivity index (χ0n) is 22.7. The summed E-state index contributed by atoms with van der Waals surface area (Å²) in [4.78, 5) is 51.2. The Balaban J connectivity index is 1.34. The van der Waals surface area contributed by atoms with Crippen molar-refractivity contribution in [3.63, 3.8) is 0 Å². The molecule has 3 heterocycles. The van der Waals surface area contributed by atoms with Gasteiger partial charge in [-0.2, -0.15) is 4.98 Å². The predicted octanol–water partition coefficient (Wildman–Crippen LogP) is 4.43. The third-order valence-electron chi connectivity index (χ3n) is 8.47. The SMILES string of the molecule is CC(C)(Oc1nccc(N2CC[N+]3(CC2)C(=O)N(CC2CCC2)C(=O)C3CCc2ccc(Cl)cc2Cl)n1)C(=O)O. The lowest BCUT2D eigenvalue weighted by molar-refractivity contribution is -0.862. The Morgan fingerprint density at radius 2 is 1.90 bits per heavy atom. The van der Waals surface area contributed by atoms with Crippen molar-refractivity contribution in [2.75, 3.05) is 37.6 Å². The van der Waals surface area contributed by atoms with Crippen LogP contribution in [-0.2, 0) is 16.0 Å². The zero-order chi connectivity index (χ0) is 28.7. The Morgan fingerprint density at radius 3 is 2.52 bits per heavy atom. The Hall–Kier alpha value is -2.95. The zero-order valence-corrected chi connectivity index (χ0v) is 24.2. The number of carbonyl (C=O) groups is 3. The molecule has 3 fully saturated rings. The number of rotatable bonds is 9. The van der Waals surface area contributed by atoms with E-state index in [0.29, 0.717) is 67.3 Å². The predicted molar refractivity (Wildman–Crippen MR) is 150 cm³/mol. The van der Waals surface area contributed by atoms with E-state index >= 15 is 0 Å². The molecule has 1 unspecified atom stereocenters. The molecule has 0 radical (unpaired) electrons. The Morgan fingerprint density at radius 1 is 1.18 bits per heavy atom.